The van der Waals surface area contributed by atoms with Crippen molar-refractivity contribution in [1.29, 1.82) is 0 Å². The molecular weight excluding hydrogens is 206 g/mol. The van der Waals surface area contributed by atoms with Crippen LogP contribution in [0.1, 0.15) is 39.1 Å². The van der Waals surface area contributed by atoms with E-state index in [9.17, 15) is 0 Å². The van der Waals surface area contributed by atoms with Crippen molar-refractivity contribution in [3.8, 4) is 0 Å². The second kappa shape index (κ2) is 6.18. The summed E-state index contributed by atoms with van der Waals surface area (Å²) in [5.41, 5.74) is 6.11. The summed E-state index contributed by atoms with van der Waals surface area (Å²) in [5.74, 6) is 1.96. The van der Waals surface area contributed by atoms with Crippen molar-refractivity contribution in [2.75, 3.05) is 5.75 Å². The van der Waals surface area contributed by atoms with Crippen LogP contribution in [0.5, 0.6) is 0 Å². The maximum Gasteiger partial charge on any atom is 0.126 e. The molecule has 0 spiro atoms. The number of thioether (sulfide) groups is 1. The lowest BCUT2D eigenvalue weighted by molar-refractivity contribution is 0.641. The topological polar surface area (TPSA) is 43.8 Å². The van der Waals surface area contributed by atoms with Crippen molar-refractivity contribution >= 4 is 11.8 Å². The van der Waals surface area contributed by atoms with E-state index in [4.69, 9.17) is 5.73 Å². The van der Waals surface area contributed by atoms with Gasteiger partial charge in [0, 0.05) is 29.9 Å². The molecule has 0 bridgehead atoms. The molecule has 0 aliphatic carbocycles. The normalized spacial score (nSPS) is 15.2. The Morgan fingerprint density at radius 1 is 1.53 bits per heavy atom. The summed E-state index contributed by atoms with van der Waals surface area (Å²) in [4.78, 5) is 4.32. The fraction of sp³-hybridized carbons (Fsp3) is 0.727. The van der Waals surface area contributed by atoms with E-state index in [2.05, 4.69) is 30.3 Å². The number of aryl methyl sites for hydroxylation is 1. The molecular formula is C11H21N3S. The third-order valence-corrected chi connectivity index (χ3v) is 4.01. The van der Waals surface area contributed by atoms with E-state index < -0.39 is 0 Å². The van der Waals surface area contributed by atoms with Gasteiger partial charge in [-0.3, -0.25) is 0 Å². The van der Waals surface area contributed by atoms with Crippen molar-refractivity contribution in [1.82, 2.24) is 9.55 Å². The van der Waals surface area contributed by atoms with Gasteiger partial charge in [-0.2, -0.15) is 11.8 Å². The van der Waals surface area contributed by atoms with E-state index in [-0.39, 0.29) is 6.04 Å². The van der Waals surface area contributed by atoms with Crippen LogP contribution in [-0.4, -0.2) is 20.6 Å². The monoisotopic (exact) mass is 227 g/mol. The van der Waals surface area contributed by atoms with Crippen molar-refractivity contribution in [2.45, 2.75) is 45.0 Å². The third-order valence-electron chi connectivity index (χ3n) is 2.56. The van der Waals surface area contributed by atoms with Crippen molar-refractivity contribution in [3.05, 3.63) is 18.2 Å². The second-order valence-electron chi connectivity index (χ2n) is 3.73. The zero-order valence-electron chi connectivity index (χ0n) is 9.81. The first kappa shape index (κ1) is 12.6. The zero-order valence-corrected chi connectivity index (χ0v) is 10.6. The van der Waals surface area contributed by atoms with Crippen LogP contribution in [0, 0.1) is 0 Å². The lowest BCUT2D eigenvalue weighted by Crippen LogP contribution is -2.19. The van der Waals surface area contributed by atoms with Gasteiger partial charge in [-0.1, -0.05) is 13.8 Å². The Hall–Kier alpha value is -0.480. The third kappa shape index (κ3) is 3.54. The molecule has 2 atom stereocenters. The van der Waals surface area contributed by atoms with E-state index in [1.54, 1.807) is 0 Å². The highest BCUT2D eigenvalue weighted by atomic mass is 32.2. The van der Waals surface area contributed by atoms with Gasteiger partial charge < -0.3 is 10.3 Å². The molecule has 4 heteroatoms. The maximum atomic E-state index is 6.11. The fourth-order valence-electron chi connectivity index (χ4n) is 1.38. The first-order valence-corrected chi connectivity index (χ1v) is 6.62. The van der Waals surface area contributed by atoms with Crippen LogP contribution in [0.2, 0.25) is 0 Å². The van der Waals surface area contributed by atoms with Crippen LogP contribution < -0.4 is 5.73 Å². The quantitative estimate of drug-likeness (QED) is 0.811. The molecule has 0 radical (unpaired) electrons. The van der Waals surface area contributed by atoms with Gasteiger partial charge in [0.05, 0.1) is 6.04 Å². The fourth-order valence-corrected chi connectivity index (χ4v) is 2.30. The van der Waals surface area contributed by atoms with Gasteiger partial charge in [0.15, 0.2) is 0 Å². The standard InChI is InChI=1S/C11H21N3S/c1-4-9(3)15-8-10(12)11-13-6-7-14(11)5-2/h6-7,9-10H,4-5,8,12H2,1-3H3. The highest BCUT2D eigenvalue weighted by molar-refractivity contribution is 7.99. The van der Waals surface area contributed by atoms with Crippen LogP contribution in [0.3, 0.4) is 0 Å². The molecule has 1 rings (SSSR count). The zero-order chi connectivity index (χ0) is 11.3. The minimum atomic E-state index is 0.0546. The number of aromatic nitrogens is 2. The largest absolute Gasteiger partial charge is 0.334 e. The first-order chi connectivity index (χ1) is 7.19. The van der Waals surface area contributed by atoms with E-state index in [0.717, 1.165) is 18.1 Å². The molecule has 86 valence electrons. The lowest BCUT2D eigenvalue weighted by atomic mass is 10.3. The molecule has 0 saturated carbocycles. The number of nitrogens with zero attached hydrogens (tertiary/aromatic N) is 2. The smallest absolute Gasteiger partial charge is 0.126 e. The number of hydrogen-bond donors (Lipinski definition) is 1. The highest BCUT2D eigenvalue weighted by Gasteiger charge is 2.12. The molecule has 0 aliphatic rings. The lowest BCUT2D eigenvalue weighted by Gasteiger charge is -2.15. The molecule has 2 N–H and O–H groups in total. The molecule has 2 unspecified atom stereocenters. The van der Waals surface area contributed by atoms with Gasteiger partial charge in [0.2, 0.25) is 0 Å². The molecule has 0 amide bonds. The molecule has 1 aromatic rings. The highest BCUT2D eigenvalue weighted by Crippen LogP contribution is 2.20. The molecule has 0 aromatic carbocycles. The predicted octanol–water partition coefficient (Wildman–Crippen LogP) is 2.43. The molecule has 1 aromatic heterocycles. The van der Waals surface area contributed by atoms with Crippen LogP contribution in [0.15, 0.2) is 12.4 Å². The molecule has 0 saturated heterocycles. The van der Waals surface area contributed by atoms with E-state index in [1.807, 2.05) is 24.2 Å². The molecule has 3 nitrogen and oxygen atoms in total. The Labute approximate surface area is 96.5 Å². The number of nitrogens with two attached hydrogens (primary N) is 1. The average Bonchev–Trinajstić information content (AvgIpc) is 2.73. The summed E-state index contributed by atoms with van der Waals surface area (Å²) >= 11 is 1.92. The van der Waals surface area contributed by atoms with Crippen LogP contribution in [0.4, 0.5) is 0 Å². The van der Waals surface area contributed by atoms with Gasteiger partial charge in [-0.25, -0.2) is 4.98 Å². The Kier molecular flexibility index (Phi) is 5.19. The first-order valence-electron chi connectivity index (χ1n) is 5.57. The van der Waals surface area contributed by atoms with Gasteiger partial charge in [0.1, 0.15) is 5.82 Å². The van der Waals surface area contributed by atoms with Gasteiger partial charge in [0.25, 0.3) is 0 Å². The summed E-state index contributed by atoms with van der Waals surface area (Å²) < 4.78 is 2.11. The summed E-state index contributed by atoms with van der Waals surface area (Å²) in [6.45, 7) is 7.50. The van der Waals surface area contributed by atoms with E-state index in [1.165, 1.54) is 6.42 Å². The van der Waals surface area contributed by atoms with Gasteiger partial charge >= 0.3 is 0 Å². The Balaban J connectivity index is 2.49. The van der Waals surface area contributed by atoms with Crippen molar-refractivity contribution < 1.29 is 0 Å². The summed E-state index contributed by atoms with van der Waals surface area (Å²) in [6, 6.07) is 0.0546. The summed E-state index contributed by atoms with van der Waals surface area (Å²) in [7, 11) is 0. The average molecular weight is 227 g/mol. The maximum absolute atomic E-state index is 6.11. The predicted molar refractivity (Wildman–Crippen MR) is 67.0 cm³/mol. The van der Waals surface area contributed by atoms with Gasteiger partial charge in [-0.05, 0) is 13.3 Å². The second-order valence-corrected chi connectivity index (χ2v) is 5.20. The Morgan fingerprint density at radius 2 is 2.27 bits per heavy atom. The molecule has 0 aliphatic heterocycles. The number of rotatable bonds is 6. The number of hydrogen-bond acceptors (Lipinski definition) is 3. The molecule has 15 heavy (non-hydrogen) atoms. The minimum absolute atomic E-state index is 0.0546. The Morgan fingerprint density at radius 3 is 2.87 bits per heavy atom. The molecule has 1 heterocycles. The van der Waals surface area contributed by atoms with Crippen LogP contribution in [-0.2, 0) is 6.54 Å². The van der Waals surface area contributed by atoms with Crippen LogP contribution in [0.25, 0.3) is 0 Å². The summed E-state index contributed by atoms with van der Waals surface area (Å²) in [5, 5.41) is 0.682. The molecule has 0 fully saturated rings. The van der Waals surface area contributed by atoms with Crippen LogP contribution >= 0.6 is 11.8 Å². The van der Waals surface area contributed by atoms with E-state index >= 15 is 0 Å². The number of imidazole rings is 1. The van der Waals surface area contributed by atoms with Crippen molar-refractivity contribution in [3.63, 3.8) is 0 Å². The van der Waals surface area contributed by atoms with Crippen molar-refractivity contribution in [2.24, 2.45) is 5.73 Å². The Bertz CT molecular complexity index is 285. The van der Waals surface area contributed by atoms with E-state index in [0.29, 0.717) is 5.25 Å². The SMILES string of the molecule is CCC(C)SCC(N)c1nccn1CC. The summed E-state index contributed by atoms with van der Waals surface area (Å²) in [6.07, 6.45) is 5.01. The minimum Gasteiger partial charge on any atom is -0.334 e. The van der Waals surface area contributed by atoms with Gasteiger partial charge in [-0.15, -0.1) is 0 Å².